The summed E-state index contributed by atoms with van der Waals surface area (Å²) in [6.45, 7) is -0.354. The van der Waals surface area contributed by atoms with E-state index in [-0.39, 0.29) is 18.1 Å². The van der Waals surface area contributed by atoms with Gasteiger partial charge < -0.3 is 15.8 Å². The Kier molecular flexibility index (Phi) is 4.83. The third kappa shape index (κ3) is 3.75. The van der Waals surface area contributed by atoms with Crippen LogP contribution in [0.2, 0.25) is 0 Å². The number of carbonyl (C=O) groups is 3. The third-order valence-corrected chi connectivity index (χ3v) is 5.14. The van der Waals surface area contributed by atoms with Gasteiger partial charge in [0.2, 0.25) is 0 Å². The molecule has 2 saturated carbocycles. The van der Waals surface area contributed by atoms with E-state index in [1.54, 1.807) is 18.2 Å². The maximum atomic E-state index is 11.9. The summed E-state index contributed by atoms with van der Waals surface area (Å²) in [7, 11) is 0. The van der Waals surface area contributed by atoms with Crippen LogP contribution in [0.5, 0.6) is 0 Å². The summed E-state index contributed by atoms with van der Waals surface area (Å²) >= 11 is 0. The number of amides is 2. The van der Waals surface area contributed by atoms with Crippen molar-refractivity contribution >= 4 is 23.5 Å². The van der Waals surface area contributed by atoms with E-state index in [1.165, 1.54) is 25.3 Å². The number of hydrogen-bond donors (Lipinski definition) is 2. The molecule has 128 valence electrons. The minimum atomic E-state index is -0.626. The van der Waals surface area contributed by atoms with Crippen LogP contribution in [0.15, 0.2) is 24.3 Å². The maximum Gasteiger partial charge on any atom is 0.306 e. The fourth-order valence-electron chi connectivity index (χ4n) is 4.04. The van der Waals surface area contributed by atoms with Crippen molar-refractivity contribution in [3.05, 3.63) is 29.8 Å². The monoisotopic (exact) mass is 330 g/mol. The molecule has 3 atom stereocenters. The van der Waals surface area contributed by atoms with Crippen LogP contribution >= 0.6 is 0 Å². The number of ether oxygens (including phenoxy) is 1. The van der Waals surface area contributed by atoms with Gasteiger partial charge in [0.15, 0.2) is 6.61 Å². The van der Waals surface area contributed by atoms with E-state index >= 15 is 0 Å². The molecular weight excluding hydrogens is 308 g/mol. The van der Waals surface area contributed by atoms with Gasteiger partial charge >= 0.3 is 5.97 Å². The van der Waals surface area contributed by atoms with Gasteiger partial charge in [-0.15, -0.1) is 0 Å². The number of rotatable bonds is 6. The number of nitrogens with two attached hydrogens (primary N) is 1. The molecule has 3 N–H and O–H groups in total. The first-order valence-electron chi connectivity index (χ1n) is 8.37. The SMILES string of the molecule is NC(=O)c1ccccc1NC(=O)COC(=O)C[C@@H]1C[C@H]2CC[C@@H]1C2. The van der Waals surface area contributed by atoms with Crippen LogP contribution in [0.3, 0.4) is 0 Å². The molecule has 0 aliphatic heterocycles. The fraction of sp³-hybridized carbons (Fsp3) is 0.500. The van der Waals surface area contributed by atoms with Crippen LogP contribution in [0.1, 0.15) is 42.5 Å². The van der Waals surface area contributed by atoms with Gasteiger partial charge in [-0.05, 0) is 49.1 Å². The van der Waals surface area contributed by atoms with Gasteiger partial charge in [0, 0.05) is 6.42 Å². The highest BCUT2D eigenvalue weighted by Gasteiger charge is 2.40. The molecule has 1 aromatic rings. The number of benzene rings is 1. The first-order valence-corrected chi connectivity index (χ1v) is 8.37. The number of carbonyl (C=O) groups excluding carboxylic acids is 3. The van der Waals surface area contributed by atoms with Crippen molar-refractivity contribution in [1.29, 1.82) is 0 Å². The number of esters is 1. The van der Waals surface area contributed by atoms with E-state index in [0.29, 0.717) is 23.9 Å². The topological polar surface area (TPSA) is 98.5 Å². The van der Waals surface area contributed by atoms with Crippen molar-refractivity contribution in [2.45, 2.75) is 32.1 Å². The summed E-state index contributed by atoms with van der Waals surface area (Å²) in [4.78, 5) is 35.2. The Morgan fingerprint density at radius 2 is 1.96 bits per heavy atom. The quantitative estimate of drug-likeness (QED) is 0.780. The lowest BCUT2D eigenvalue weighted by molar-refractivity contribution is -0.148. The zero-order valence-corrected chi connectivity index (χ0v) is 13.5. The van der Waals surface area contributed by atoms with Gasteiger partial charge in [0.05, 0.1) is 11.3 Å². The molecule has 2 bridgehead atoms. The van der Waals surface area contributed by atoms with Crippen molar-refractivity contribution in [1.82, 2.24) is 0 Å². The van der Waals surface area contributed by atoms with E-state index in [9.17, 15) is 14.4 Å². The molecule has 24 heavy (non-hydrogen) atoms. The van der Waals surface area contributed by atoms with E-state index in [4.69, 9.17) is 10.5 Å². The Morgan fingerprint density at radius 3 is 2.62 bits per heavy atom. The van der Waals surface area contributed by atoms with Crippen LogP contribution in [0.25, 0.3) is 0 Å². The molecule has 2 fully saturated rings. The van der Waals surface area contributed by atoms with Crippen molar-refractivity contribution in [3.8, 4) is 0 Å². The molecule has 0 spiro atoms. The summed E-state index contributed by atoms with van der Waals surface area (Å²) in [5.41, 5.74) is 5.80. The van der Waals surface area contributed by atoms with Gasteiger partial charge in [-0.1, -0.05) is 18.6 Å². The highest BCUT2D eigenvalue weighted by molar-refractivity contribution is 6.03. The summed E-state index contributed by atoms with van der Waals surface area (Å²) in [6, 6.07) is 6.45. The summed E-state index contributed by atoms with van der Waals surface area (Å²) in [5, 5.41) is 2.55. The Hall–Kier alpha value is -2.37. The molecule has 0 radical (unpaired) electrons. The molecule has 0 heterocycles. The van der Waals surface area contributed by atoms with Gasteiger partial charge in [-0.25, -0.2) is 0 Å². The number of hydrogen-bond acceptors (Lipinski definition) is 4. The van der Waals surface area contributed by atoms with Gasteiger partial charge in [0.1, 0.15) is 0 Å². The minimum Gasteiger partial charge on any atom is -0.456 e. The number of anilines is 1. The molecule has 6 heteroatoms. The normalized spacial score (nSPS) is 24.6. The predicted octanol–water partition coefficient (Wildman–Crippen LogP) is 2.09. The molecule has 6 nitrogen and oxygen atoms in total. The van der Waals surface area contributed by atoms with Crippen LogP contribution in [0, 0.1) is 17.8 Å². The lowest BCUT2D eigenvalue weighted by atomic mass is 9.86. The zero-order valence-electron chi connectivity index (χ0n) is 13.5. The number of nitrogens with one attached hydrogen (secondary N) is 1. The smallest absolute Gasteiger partial charge is 0.306 e. The van der Waals surface area contributed by atoms with Crippen molar-refractivity contribution in [3.63, 3.8) is 0 Å². The molecule has 0 saturated heterocycles. The van der Waals surface area contributed by atoms with E-state index in [0.717, 1.165) is 12.3 Å². The average molecular weight is 330 g/mol. The van der Waals surface area contributed by atoms with Crippen LogP contribution in [-0.2, 0) is 14.3 Å². The molecule has 1 aromatic carbocycles. The molecular formula is C18H22N2O4. The Bertz CT molecular complexity index is 658. The molecule has 2 amide bonds. The van der Waals surface area contributed by atoms with Gasteiger partial charge in [-0.2, -0.15) is 0 Å². The summed E-state index contributed by atoms with van der Waals surface area (Å²) in [5.74, 6) is 0.408. The maximum absolute atomic E-state index is 11.9. The van der Waals surface area contributed by atoms with Gasteiger partial charge in [-0.3, -0.25) is 14.4 Å². The van der Waals surface area contributed by atoms with E-state index < -0.39 is 11.8 Å². The van der Waals surface area contributed by atoms with Crippen LogP contribution in [0.4, 0.5) is 5.69 Å². The van der Waals surface area contributed by atoms with Crippen LogP contribution in [-0.4, -0.2) is 24.4 Å². The Morgan fingerprint density at radius 1 is 1.17 bits per heavy atom. The highest BCUT2D eigenvalue weighted by Crippen LogP contribution is 2.49. The van der Waals surface area contributed by atoms with Crippen molar-refractivity contribution in [2.24, 2.45) is 23.5 Å². The standard InChI is InChI=1S/C18H22N2O4/c19-18(23)14-3-1-2-4-15(14)20-16(21)10-24-17(22)9-13-8-11-5-6-12(13)7-11/h1-4,11-13H,5-10H2,(H2,19,23)(H,20,21)/t11-,12+,13-/m0/s1. The number of para-hydroxylation sites is 1. The Labute approximate surface area is 140 Å². The van der Waals surface area contributed by atoms with Gasteiger partial charge in [0.25, 0.3) is 11.8 Å². The number of primary amides is 1. The molecule has 2 aliphatic rings. The zero-order chi connectivity index (χ0) is 17.1. The van der Waals surface area contributed by atoms with E-state index in [2.05, 4.69) is 5.32 Å². The second kappa shape index (κ2) is 7.03. The van der Waals surface area contributed by atoms with E-state index in [1.807, 2.05) is 0 Å². The first kappa shape index (κ1) is 16.5. The molecule has 0 unspecified atom stereocenters. The summed E-state index contributed by atoms with van der Waals surface area (Å²) in [6.07, 6.45) is 5.25. The lowest BCUT2D eigenvalue weighted by Gasteiger charge is -2.20. The molecule has 3 rings (SSSR count). The molecule has 0 aromatic heterocycles. The minimum absolute atomic E-state index is 0.221. The van der Waals surface area contributed by atoms with Crippen LogP contribution < -0.4 is 11.1 Å². The van der Waals surface area contributed by atoms with Crippen molar-refractivity contribution < 1.29 is 19.1 Å². The number of fused-ring (bicyclic) bond motifs is 2. The largest absolute Gasteiger partial charge is 0.456 e. The predicted molar refractivity (Wildman–Crippen MR) is 88.1 cm³/mol. The molecule has 2 aliphatic carbocycles. The third-order valence-electron chi connectivity index (χ3n) is 5.14. The van der Waals surface area contributed by atoms with Crippen molar-refractivity contribution in [2.75, 3.05) is 11.9 Å². The highest BCUT2D eigenvalue weighted by atomic mass is 16.5. The fourth-order valence-corrected chi connectivity index (χ4v) is 4.04. The Balaban J connectivity index is 1.46. The first-order chi connectivity index (χ1) is 11.5. The lowest BCUT2D eigenvalue weighted by Crippen LogP contribution is -2.24. The second-order valence-electron chi connectivity index (χ2n) is 6.76. The second-order valence-corrected chi connectivity index (χ2v) is 6.76. The summed E-state index contributed by atoms with van der Waals surface area (Å²) < 4.78 is 5.08. The average Bonchev–Trinajstić information content (AvgIpc) is 3.16.